The van der Waals surface area contributed by atoms with E-state index in [4.69, 9.17) is 11.6 Å². The molecule has 2 rings (SSSR count). The lowest BCUT2D eigenvalue weighted by Crippen LogP contribution is -2.02. The van der Waals surface area contributed by atoms with Crippen molar-refractivity contribution in [2.75, 3.05) is 0 Å². The Hall–Kier alpha value is -1.28. The molecule has 1 heterocycles. The lowest BCUT2D eigenvalue weighted by Gasteiger charge is -2.12. The third-order valence-corrected chi connectivity index (χ3v) is 3.13. The number of nitrogens with zero attached hydrogens (tertiary/aromatic N) is 1. The van der Waals surface area contributed by atoms with Gasteiger partial charge in [-0.2, -0.15) is 0 Å². The van der Waals surface area contributed by atoms with E-state index in [1.54, 1.807) is 0 Å². The molecule has 0 unspecified atom stereocenters. The maximum Gasteiger partial charge on any atom is 0.152 e. The van der Waals surface area contributed by atoms with Gasteiger partial charge in [0.2, 0.25) is 0 Å². The molecule has 84 valence electrons. The van der Waals surface area contributed by atoms with Crippen molar-refractivity contribution in [2.45, 2.75) is 26.8 Å². The molecule has 0 saturated heterocycles. The van der Waals surface area contributed by atoms with E-state index in [0.717, 1.165) is 28.4 Å². The first-order valence-electron chi connectivity index (χ1n) is 5.31. The summed E-state index contributed by atoms with van der Waals surface area (Å²) in [6.45, 7) is 6.18. The van der Waals surface area contributed by atoms with E-state index in [0.29, 0.717) is 11.1 Å². The van der Waals surface area contributed by atoms with Gasteiger partial charge in [0.25, 0.3) is 0 Å². The van der Waals surface area contributed by atoms with E-state index >= 15 is 0 Å². The predicted octanol–water partition coefficient (Wildman–Crippen LogP) is 4.00. The second-order valence-corrected chi connectivity index (χ2v) is 4.68. The smallest absolute Gasteiger partial charge is 0.152 e. The van der Waals surface area contributed by atoms with Gasteiger partial charge in [0.05, 0.1) is 0 Å². The van der Waals surface area contributed by atoms with E-state index in [2.05, 4.69) is 18.4 Å². The molecule has 1 aromatic carbocycles. The molecule has 0 bridgehead atoms. The molecule has 0 saturated carbocycles. The number of halogens is 1. The number of hydrogen-bond acceptors (Lipinski definition) is 1. The highest BCUT2D eigenvalue weighted by atomic mass is 35.5. The summed E-state index contributed by atoms with van der Waals surface area (Å²) in [5.41, 5.74) is 2.81. The van der Waals surface area contributed by atoms with Gasteiger partial charge in [0.15, 0.2) is 6.29 Å². The molecule has 2 aromatic rings. The zero-order chi connectivity index (χ0) is 11.9. The van der Waals surface area contributed by atoms with Crippen molar-refractivity contribution in [3.63, 3.8) is 0 Å². The van der Waals surface area contributed by atoms with Gasteiger partial charge in [-0.1, -0.05) is 11.6 Å². The van der Waals surface area contributed by atoms with Crippen LogP contribution in [0, 0.1) is 6.92 Å². The van der Waals surface area contributed by atoms with Crippen LogP contribution in [0.5, 0.6) is 0 Å². The fraction of sp³-hybridized carbons (Fsp3) is 0.308. The first-order valence-corrected chi connectivity index (χ1v) is 5.69. The number of fused-ring (bicyclic) bond motifs is 1. The number of hydrogen-bond donors (Lipinski definition) is 0. The largest absolute Gasteiger partial charge is 0.342 e. The Morgan fingerprint density at radius 2 is 2.06 bits per heavy atom. The molecule has 0 aliphatic carbocycles. The lowest BCUT2D eigenvalue weighted by molar-refractivity contribution is 0.112. The van der Waals surface area contributed by atoms with Crippen LogP contribution in [-0.4, -0.2) is 10.9 Å². The van der Waals surface area contributed by atoms with Crippen molar-refractivity contribution in [1.82, 2.24) is 4.57 Å². The van der Waals surface area contributed by atoms with Crippen molar-refractivity contribution >= 4 is 28.8 Å². The van der Waals surface area contributed by atoms with Crippen LogP contribution in [0.2, 0.25) is 5.02 Å². The third kappa shape index (κ3) is 1.54. The minimum absolute atomic E-state index is 0.331. The molecule has 0 aliphatic heterocycles. The van der Waals surface area contributed by atoms with Crippen molar-refractivity contribution < 1.29 is 4.79 Å². The average Bonchev–Trinajstić information content (AvgIpc) is 2.49. The van der Waals surface area contributed by atoms with E-state index < -0.39 is 0 Å². The van der Waals surface area contributed by atoms with Crippen LogP contribution in [0.15, 0.2) is 18.2 Å². The molecule has 2 nitrogen and oxygen atoms in total. The molecule has 16 heavy (non-hydrogen) atoms. The topological polar surface area (TPSA) is 22.0 Å². The summed E-state index contributed by atoms with van der Waals surface area (Å²) >= 11 is 5.96. The number of aromatic nitrogens is 1. The second-order valence-electron chi connectivity index (χ2n) is 4.24. The molecule has 0 fully saturated rings. The Kier molecular flexibility index (Phi) is 2.76. The monoisotopic (exact) mass is 235 g/mol. The zero-order valence-electron chi connectivity index (χ0n) is 9.62. The quantitative estimate of drug-likeness (QED) is 0.722. The summed E-state index contributed by atoms with van der Waals surface area (Å²) in [5.74, 6) is 0. The van der Waals surface area contributed by atoms with Crippen LogP contribution in [-0.2, 0) is 0 Å². The molecule has 0 aliphatic rings. The third-order valence-electron chi connectivity index (χ3n) is 2.89. The summed E-state index contributed by atoms with van der Waals surface area (Å²) in [7, 11) is 0. The predicted molar refractivity (Wildman–Crippen MR) is 67.5 cm³/mol. The number of aldehydes is 1. The minimum Gasteiger partial charge on any atom is -0.342 e. The fourth-order valence-corrected chi connectivity index (χ4v) is 2.43. The Morgan fingerprint density at radius 3 is 2.62 bits per heavy atom. The number of carbonyl (C=O) groups excluding carboxylic acids is 1. The molecule has 0 radical (unpaired) electrons. The van der Waals surface area contributed by atoms with E-state index in [1.165, 1.54) is 0 Å². The zero-order valence-corrected chi connectivity index (χ0v) is 10.4. The number of benzene rings is 1. The summed E-state index contributed by atoms with van der Waals surface area (Å²) in [4.78, 5) is 11.1. The van der Waals surface area contributed by atoms with Gasteiger partial charge in [0.1, 0.15) is 0 Å². The summed E-state index contributed by atoms with van der Waals surface area (Å²) < 4.78 is 2.16. The van der Waals surface area contributed by atoms with Gasteiger partial charge >= 0.3 is 0 Å². The van der Waals surface area contributed by atoms with Gasteiger partial charge in [-0.15, -0.1) is 0 Å². The Labute approximate surface area is 99.8 Å². The SMILES string of the molecule is Cc1c(C=O)c2cc(Cl)ccc2n1C(C)C. The highest BCUT2D eigenvalue weighted by Crippen LogP contribution is 2.29. The maximum atomic E-state index is 11.1. The second kappa shape index (κ2) is 3.95. The highest BCUT2D eigenvalue weighted by molar-refractivity contribution is 6.31. The molecule has 1 aromatic heterocycles. The van der Waals surface area contributed by atoms with Crippen LogP contribution >= 0.6 is 11.6 Å². The van der Waals surface area contributed by atoms with Crippen molar-refractivity contribution in [3.8, 4) is 0 Å². The van der Waals surface area contributed by atoms with Crippen LogP contribution in [0.4, 0.5) is 0 Å². The highest BCUT2D eigenvalue weighted by Gasteiger charge is 2.15. The molecule has 3 heteroatoms. The summed E-state index contributed by atoms with van der Waals surface area (Å²) in [6, 6.07) is 6.01. The van der Waals surface area contributed by atoms with Gasteiger partial charge in [-0.3, -0.25) is 4.79 Å². The number of carbonyl (C=O) groups is 1. The molecule has 0 N–H and O–H groups in total. The van der Waals surface area contributed by atoms with E-state index in [1.807, 2.05) is 25.1 Å². The number of rotatable bonds is 2. The molecule has 0 amide bonds. The Bertz CT molecular complexity index is 555. The Balaban J connectivity index is 2.91. The lowest BCUT2D eigenvalue weighted by atomic mass is 10.1. The van der Waals surface area contributed by atoms with Crippen LogP contribution in [0.25, 0.3) is 10.9 Å². The molecule has 0 spiro atoms. The first kappa shape index (κ1) is 11.2. The van der Waals surface area contributed by atoms with Gasteiger partial charge < -0.3 is 4.57 Å². The summed E-state index contributed by atoms with van der Waals surface area (Å²) in [5, 5.41) is 1.60. The van der Waals surface area contributed by atoms with Crippen LogP contribution < -0.4 is 0 Å². The average molecular weight is 236 g/mol. The molecular formula is C13H14ClNO. The fourth-order valence-electron chi connectivity index (χ4n) is 2.25. The maximum absolute atomic E-state index is 11.1. The van der Waals surface area contributed by atoms with E-state index in [9.17, 15) is 4.79 Å². The minimum atomic E-state index is 0.331. The summed E-state index contributed by atoms with van der Waals surface area (Å²) in [6.07, 6.45) is 0.910. The van der Waals surface area contributed by atoms with E-state index in [-0.39, 0.29) is 0 Å². The van der Waals surface area contributed by atoms with Crippen molar-refractivity contribution in [1.29, 1.82) is 0 Å². The van der Waals surface area contributed by atoms with Gasteiger partial charge in [-0.25, -0.2) is 0 Å². The standard InChI is InChI=1S/C13H14ClNO/c1-8(2)15-9(3)12(7-16)11-6-10(14)4-5-13(11)15/h4-8H,1-3H3. The van der Waals surface area contributed by atoms with Crippen LogP contribution in [0.3, 0.4) is 0 Å². The van der Waals surface area contributed by atoms with Crippen molar-refractivity contribution in [2.24, 2.45) is 0 Å². The van der Waals surface area contributed by atoms with Crippen LogP contribution in [0.1, 0.15) is 35.9 Å². The Morgan fingerprint density at radius 1 is 1.38 bits per heavy atom. The first-order chi connectivity index (χ1) is 7.56. The van der Waals surface area contributed by atoms with Crippen molar-refractivity contribution in [3.05, 3.63) is 34.5 Å². The molecular weight excluding hydrogens is 222 g/mol. The normalized spacial score (nSPS) is 11.3. The van der Waals surface area contributed by atoms with Gasteiger partial charge in [-0.05, 0) is 39.0 Å². The van der Waals surface area contributed by atoms with Gasteiger partial charge in [0, 0.05) is 33.2 Å². The molecule has 0 atom stereocenters.